The molecular formula is C14H11N3O3S2. The van der Waals surface area contributed by atoms with Crippen molar-refractivity contribution < 1.29 is 14.4 Å². The van der Waals surface area contributed by atoms with E-state index in [0.717, 1.165) is 19.7 Å². The SMILES string of the molecule is CN1C(=O)C(=Cc2csc(-c3cccs3)n2)C(=O)N(C)C1=O. The number of barbiturate groups is 1. The second-order valence-corrected chi connectivity index (χ2v) is 6.43. The van der Waals surface area contributed by atoms with Crippen molar-refractivity contribution in [3.05, 3.63) is 34.2 Å². The van der Waals surface area contributed by atoms with Gasteiger partial charge in [0.05, 0.1) is 10.6 Å². The summed E-state index contributed by atoms with van der Waals surface area (Å²) in [6, 6.07) is 3.26. The molecule has 4 amide bonds. The van der Waals surface area contributed by atoms with E-state index in [0.29, 0.717) is 5.69 Å². The second kappa shape index (κ2) is 5.47. The van der Waals surface area contributed by atoms with Crippen LogP contribution in [-0.2, 0) is 9.59 Å². The Labute approximate surface area is 134 Å². The van der Waals surface area contributed by atoms with Crippen LogP contribution in [0.25, 0.3) is 16.0 Å². The van der Waals surface area contributed by atoms with E-state index < -0.39 is 17.8 Å². The molecular weight excluding hydrogens is 322 g/mol. The Morgan fingerprint density at radius 2 is 1.77 bits per heavy atom. The summed E-state index contributed by atoms with van der Waals surface area (Å²) in [4.78, 5) is 43.1. The molecule has 0 saturated carbocycles. The fraction of sp³-hybridized carbons (Fsp3) is 0.143. The molecule has 8 heteroatoms. The fourth-order valence-electron chi connectivity index (χ4n) is 1.99. The van der Waals surface area contributed by atoms with E-state index in [9.17, 15) is 14.4 Å². The van der Waals surface area contributed by atoms with Crippen LogP contribution in [0.4, 0.5) is 4.79 Å². The number of urea groups is 1. The van der Waals surface area contributed by atoms with Crippen LogP contribution in [0.2, 0.25) is 0 Å². The quantitative estimate of drug-likeness (QED) is 0.624. The van der Waals surface area contributed by atoms with Crippen molar-refractivity contribution in [3.8, 4) is 9.88 Å². The standard InChI is InChI=1S/C14H11N3O3S2/c1-16-12(18)9(13(19)17(2)14(16)20)6-8-7-22-11(15-8)10-4-3-5-21-10/h3-7H,1-2H3. The fourth-order valence-corrected chi connectivity index (χ4v) is 3.58. The number of thiazole rings is 1. The predicted molar refractivity (Wildman–Crippen MR) is 84.3 cm³/mol. The molecule has 1 fully saturated rings. The minimum atomic E-state index is -0.635. The Bertz CT molecular complexity index is 766. The normalized spacial score (nSPS) is 15.7. The van der Waals surface area contributed by atoms with Gasteiger partial charge in [0, 0.05) is 19.5 Å². The summed E-state index contributed by atoms with van der Waals surface area (Å²) < 4.78 is 0. The monoisotopic (exact) mass is 333 g/mol. The molecule has 1 saturated heterocycles. The summed E-state index contributed by atoms with van der Waals surface area (Å²) in [6.07, 6.45) is 1.43. The summed E-state index contributed by atoms with van der Waals surface area (Å²) >= 11 is 3.01. The maximum absolute atomic E-state index is 12.1. The van der Waals surface area contributed by atoms with E-state index in [-0.39, 0.29) is 5.57 Å². The van der Waals surface area contributed by atoms with Crippen molar-refractivity contribution >= 4 is 46.6 Å². The first kappa shape index (κ1) is 14.6. The highest BCUT2D eigenvalue weighted by atomic mass is 32.1. The van der Waals surface area contributed by atoms with Crippen LogP contribution < -0.4 is 0 Å². The maximum Gasteiger partial charge on any atom is 0.333 e. The van der Waals surface area contributed by atoms with Crippen LogP contribution in [0.3, 0.4) is 0 Å². The van der Waals surface area contributed by atoms with Gasteiger partial charge in [-0.1, -0.05) is 6.07 Å². The lowest BCUT2D eigenvalue weighted by Gasteiger charge is -2.28. The van der Waals surface area contributed by atoms with Gasteiger partial charge >= 0.3 is 6.03 Å². The number of likely N-dealkylation sites (N-methyl/N-ethyl adjacent to an activating group) is 2. The molecule has 1 aliphatic heterocycles. The lowest BCUT2D eigenvalue weighted by Crippen LogP contribution is -2.52. The number of carbonyl (C=O) groups is 3. The average molecular weight is 333 g/mol. The zero-order chi connectivity index (χ0) is 15.9. The van der Waals surface area contributed by atoms with Gasteiger partial charge < -0.3 is 0 Å². The molecule has 3 heterocycles. The molecule has 3 rings (SSSR count). The predicted octanol–water partition coefficient (Wildman–Crippen LogP) is 2.31. The van der Waals surface area contributed by atoms with Crippen LogP contribution in [-0.4, -0.2) is 46.7 Å². The molecule has 0 atom stereocenters. The smallest absolute Gasteiger partial charge is 0.268 e. The summed E-state index contributed by atoms with van der Waals surface area (Å²) in [5.41, 5.74) is 0.467. The van der Waals surface area contributed by atoms with E-state index in [1.807, 2.05) is 17.5 Å². The van der Waals surface area contributed by atoms with E-state index in [1.165, 1.54) is 31.5 Å². The summed E-state index contributed by atoms with van der Waals surface area (Å²) in [5.74, 6) is -1.22. The van der Waals surface area contributed by atoms with Crippen LogP contribution in [0.1, 0.15) is 5.69 Å². The van der Waals surface area contributed by atoms with Crippen molar-refractivity contribution in [2.75, 3.05) is 14.1 Å². The third-order valence-electron chi connectivity index (χ3n) is 3.19. The van der Waals surface area contributed by atoms with E-state index in [1.54, 1.807) is 16.7 Å². The molecule has 112 valence electrons. The molecule has 2 aromatic heterocycles. The first-order chi connectivity index (χ1) is 10.5. The van der Waals surface area contributed by atoms with Crippen molar-refractivity contribution in [1.82, 2.24) is 14.8 Å². The van der Waals surface area contributed by atoms with Crippen molar-refractivity contribution in [2.24, 2.45) is 0 Å². The molecule has 0 spiro atoms. The molecule has 0 radical (unpaired) electrons. The van der Waals surface area contributed by atoms with E-state index in [2.05, 4.69) is 4.98 Å². The van der Waals surface area contributed by atoms with Crippen molar-refractivity contribution in [1.29, 1.82) is 0 Å². The molecule has 1 aliphatic rings. The molecule has 22 heavy (non-hydrogen) atoms. The van der Waals surface area contributed by atoms with Gasteiger partial charge in [0.15, 0.2) is 0 Å². The van der Waals surface area contributed by atoms with Crippen LogP contribution in [0.15, 0.2) is 28.5 Å². The number of hydrogen-bond acceptors (Lipinski definition) is 6. The number of imide groups is 2. The van der Waals surface area contributed by atoms with E-state index >= 15 is 0 Å². The Kier molecular flexibility index (Phi) is 3.63. The highest BCUT2D eigenvalue weighted by Gasteiger charge is 2.37. The molecule has 0 bridgehead atoms. The lowest BCUT2D eigenvalue weighted by molar-refractivity contribution is -0.134. The second-order valence-electron chi connectivity index (χ2n) is 4.62. The maximum atomic E-state index is 12.1. The van der Waals surface area contributed by atoms with Gasteiger partial charge in [-0.15, -0.1) is 22.7 Å². The number of aromatic nitrogens is 1. The van der Waals surface area contributed by atoms with Crippen LogP contribution in [0.5, 0.6) is 0 Å². The lowest BCUT2D eigenvalue weighted by atomic mass is 10.1. The van der Waals surface area contributed by atoms with Gasteiger partial charge in [-0.2, -0.15) is 0 Å². The average Bonchev–Trinajstić information content (AvgIpc) is 3.18. The first-order valence-corrected chi connectivity index (χ1v) is 8.06. The topological polar surface area (TPSA) is 70.6 Å². The minimum Gasteiger partial charge on any atom is -0.268 e. The largest absolute Gasteiger partial charge is 0.333 e. The third kappa shape index (κ3) is 2.36. The van der Waals surface area contributed by atoms with E-state index in [4.69, 9.17) is 0 Å². The Morgan fingerprint density at radius 1 is 1.09 bits per heavy atom. The van der Waals surface area contributed by atoms with Gasteiger partial charge in [0.25, 0.3) is 11.8 Å². The van der Waals surface area contributed by atoms with Crippen molar-refractivity contribution in [3.63, 3.8) is 0 Å². The Balaban J connectivity index is 1.96. The van der Waals surface area contributed by atoms with Gasteiger partial charge in [0.1, 0.15) is 10.6 Å². The summed E-state index contributed by atoms with van der Waals surface area (Å²) in [5, 5.41) is 4.56. The Morgan fingerprint density at radius 3 is 2.36 bits per heavy atom. The Hall–Kier alpha value is -2.32. The number of amides is 4. The van der Waals surface area contributed by atoms with Crippen LogP contribution >= 0.6 is 22.7 Å². The van der Waals surface area contributed by atoms with Gasteiger partial charge in [-0.3, -0.25) is 19.4 Å². The third-order valence-corrected chi connectivity index (χ3v) is 5.09. The zero-order valence-electron chi connectivity index (χ0n) is 11.8. The van der Waals surface area contributed by atoms with Gasteiger partial charge in [-0.25, -0.2) is 9.78 Å². The molecule has 0 N–H and O–H groups in total. The van der Waals surface area contributed by atoms with Gasteiger partial charge in [0.2, 0.25) is 0 Å². The first-order valence-electron chi connectivity index (χ1n) is 6.30. The number of nitrogens with zero attached hydrogens (tertiary/aromatic N) is 3. The van der Waals surface area contributed by atoms with Gasteiger partial charge in [-0.05, 0) is 17.5 Å². The number of thiophene rings is 1. The molecule has 6 nitrogen and oxygen atoms in total. The molecule has 0 aromatic carbocycles. The minimum absolute atomic E-state index is 0.0624. The zero-order valence-corrected chi connectivity index (χ0v) is 13.4. The summed E-state index contributed by atoms with van der Waals surface area (Å²) in [7, 11) is 2.69. The highest BCUT2D eigenvalue weighted by Crippen LogP contribution is 2.29. The molecule has 0 aliphatic carbocycles. The summed E-state index contributed by atoms with van der Waals surface area (Å²) in [6.45, 7) is 0. The molecule has 0 unspecified atom stereocenters. The molecule has 2 aromatic rings. The highest BCUT2D eigenvalue weighted by molar-refractivity contribution is 7.20. The van der Waals surface area contributed by atoms with Crippen LogP contribution in [0, 0.1) is 0 Å². The van der Waals surface area contributed by atoms with Crippen molar-refractivity contribution in [2.45, 2.75) is 0 Å². The number of hydrogen-bond donors (Lipinski definition) is 0. The number of carbonyl (C=O) groups excluding carboxylic acids is 3. The number of rotatable bonds is 2.